The quantitative estimate of drug-likeness (QED) is 0.243. The predicted octanol–water partition coefficient (Wildman–Crippen LogP) is 4.30. The standard InChI is InChI=1S/C16H12F4O4S2/c1-2-9-3-5-10(6-4-9)24-7-8-25-15-11(17)13(19)16(26(21,22)23)14(20)12(15)18/h2-6H,1,7-8H2,(H,21,22,23). The molecule has 0 aliphatic carbocycles. The van der Waals surface area contributed by atoms with Crippen LogP contribution in [-0.4, -0.2) is 25.3 Å². The summed E-state index contributed by atoms with van der Waals surface area (Å²) in [4.78, 5) is -3.10. The maximum Gasteiger partial charge on any atom is 0.300 e. The molecule has 0 radical (unpaired) electrons. The Hall–Kier alpha value is -2.04. The molecule has 2 aromatic carbocycles. The van der Waals surface area contributed by atoms with Crippen LogP contribution in [0.1, 0.15) is 5.56 Å². The highest BCUT2D eigenvalue weighted by atomic mass is 32.2. The highest BCUT2D eigenvalue weighted by Crippen LogP contribution is 2.33. The molecule has 4 nitrogen and oxygen atoms in total. The Morgan fingerprint density at radius 1 is 1.04 bits per heavy atom. The van der Waals surface area contributed by atoms with Crippen molar-refractivity contribution in [3.63, 3.8) is 0 Å². The smallest absolute Gasteiger partial charge is 0.300 e. The molecule has 2 aromatic rings. The third-order valence-electron chi connectivity index (χ3n) is 3.16. The molecule has 0 unspecified atom stereocenters. The van der Waals surface area contributed by atoms with Crippen LogP contribution in [0, 0.1) is 23.3 Å². The highest BCUT2D eigenvalue weighted by molar-refractivity contribution is 7.99. The van der Waals surface area contributed by atoms with Gasteiger partial charge in [-0.25, -0.2) is 17.6 Å². The average molecular weight is 408 g/mol. The van der Waals surface area contributed by atoms with Crippen molar-refractivity contribution in [2.45, 2.75) is 9.79 Å². The molecule has 0 aliphatic heterocycles. The molecule has 0 fully saturated rings. The van der Waals surface area contributed by atoms with Crippen molar-refractivity contribution in [3.8, 4) is 5.75 Å². The topological polar surface area (TPSA) is 63.6 Å². The Balaban J connectivity index is 2.11. The lowest BCUT2D eigenvalue weighted by Crippen LogP contribution is -2.11. The highest BCUT2D eigenvalue weighted by Gasteiger charge is 2.32. The Morgan fingerprint density at radius 2 is 1.58 bits per heavy atom. The van der Waals surface area contributed by atoms with Gasteiger partial charge in [0.2, 0.25) is 0 Å². The van der Waals surface area contributed by atoms with Crippen molar-refractivity contribution >= 4 is 28.0 Å². The lowest BCUT2D eigenvalue weighted by Gasteiger charge is -2.10. The fourth-order valence-electron chi connectivity index (χ4n) is 1.95. The van der Waals surface area contributed by atoms with Crippen LogP contribution in [0.15, 0.2) is 40.6 Å². The summed E-state index contributed by atoms with van der Waals surface area (Å²) in [5, 5.41) is 0. The number of thioether (sulfide) groups is 1. The zero-order valence-corrected chi connectivity index (χ0v) is 14.6. The van der Waals surface area contributed by atoms with E-state index in [1.165, 1.54) is 0 Å². The first kappa shape index (κ1) is 20.3. The second-order valence-electron chi connectivity index (χ2n) is 4.86. The van der Waals surface area contributed by atoms with Crippen LogP contribution in [0.3, 0.4) is 0 Å². The summed E-state index contributed by atoms with van der Waals surface area (Å²) in [6.07, 6.45) is 1.63. The maximum absolute atomic E-state index is 13.8. The first-order valence-corrected chi connectivity index (χ1v) is 9.41. The molecule has 0 saturated carbocycles. The van der Waals surface area contributed by atoms with Gasteiger partial charge < -0.3 is 4.74 Å². The molecule has 26 heavy (non-hydrogen) atoms. The van der Waals surface area contributed by atoms with Crippen molar-refractivity contribution in [3.05, 3.63) is 59.7 Å². The van der Waals surface area contributed by atoms with E-state index in [-0.39, 0.29) is 12.4 Å². The molecule has 10 heteroatoms. The van der Waals surface area contributed by atoms with Gasteiger partial charge in [-0.05, 0) is 17.7 Å². The lowest BCUT2D eigenvalue weighted by molar-refractivity contribution is 0.343. The van der Waals surface area contributed by atoms with Gasteiger partial charge in [-0.1, -0.05) is 24.8 Å². The SMILES string of the molecule is C=Cc1ccc(OCCSc2c(F)c(F)c(S(=O)(=O)O)c(F)c2F)cc1. The van der Waals surface area contributed by atoms with Crippen molar-refractivity contribution in [1.82, 2.24) is 0 Å². The third kappa shape index (κ3) is 4.37. The van der Waals surface area contributed by atoms with E-state index in [1.54, 1.807) is 30.3 Å². The number of benzene rings is 2. The van der Waals surface area contributed by atoms with E-state index in [0.717, 1.165) is 5.56 Å². The van der Waals surface area contributed by atoms with Crippen molar-refractivity contribution in [1.29, 1.82) is 0 Å². The molecule has 0 atom stereocenters. The van der Waals surface area contributed by atoms with Gasteiger partial charge in [0.05, 0.1) is 11.5 Å². The number of hydrogen-bond donors (Lipinski definition) is 1. The van der Waals surface area contributed by atoms with Crippen LogP contribution in [0.4, 0.5) is 17.6 Å². The van der Waals surface area contributed by atoms with Gasteiger partial charge in [0, 0.05) is 5.75 Å². The molecule has 2 rings (SSSR count). The number of halogens is 4. The van der Waals surface area contributed by atoms with E-state index in [4.69, 9.17) is 9.29 Å². The van der Waals surface area contributed by atoms with E-state index < -0.39 is 43.2 Å². The first-order valence-electron chi connectivity index (χ1n) is 6.98. The molecule has 140 valence electrons. The van der Waals surface area contributed by atoms with Crippen LogP contribution in [0.25, 0.3) is 6.08 Å². The maximum atomic E-state index is 13.8. The average Bonchev–Trinajstić information content (AvgIpc) is 2.59. The monoisotopic (exact) mass is 408 g/mol. The Morgan fingerprint density at radius 3 is 2.04 bits per heavy atom. The van der Waals surface area contributed by atoms with Gasteiger partial charge in [-0.2, -0.15) is 8.42 Å². The minimum Gasteiger partial charge on any atom is -0.493 e. The van der Waals surface area contributed by atoms with Gasteiger partial charge in [0.1, 0.15) is 5.75 Å². The molecule has 0 amide bonds. The van der Waals surface area contributed by atoms with E-state index in [1.807, 2.05) is 0 Å². The Labute approximate surface area is 151 Å². The summed E-state index contributed by atoms with van der Waals surface area (Å²) >= 11 is 0.401. The summed E-state index contributed by atoms with van der Waals surface area (Å²) in [5.74, 6) is -7.80. The third-order valence-corrected chi connectivity index (χ3v) is 5.05. The van der Waals surface area contributed by atoms with E-state index in [0.29, 0.717) is 17.5 Å². The first-order chi connectivity index (χ1) is 12.2. The second kappa shape index (κ2) is 8.11. The van der Waals surface area contributed by atoms with Gasteiger partial charge in [0.25, 0.3) is 0 Å². The van der Waals surface area contributed by atoms with Crippen LogP contribution >= 0.6 is 11.8 Å². The molecule has 0 bridgehead atoms. The van der Waals surface area contributed by atoms with Crippen LogP contribution < -0.4 is 4.74 Å². The molecule has 1 N–H and O–H groups in total. The predicted molar refractivity (Wildman–Crippen MR) is 88.8 cm³/mol. The minimum atomic E-state index is -5.46. The zero-order chi connectivity index (χ0) is 19.5. The number of hydrogen-bond acceptors (Lipinski definition) is 4. The molecule has 0 spiro atoms. The number of rotatable bonds is 7. The minimum absolute atomic E-state index is 0.0414. The zero-order valence-electron chi connectivity index (χ0n) is 13.0. The molecular weight excluding hydrogens is 396 g/mol. The van der Waals surface area contributed by atoms with Gasteiger partial charge in [-0.3, -0.25) is 4.55 Å². The summed E-state index contributed by atoms with van der Waals surface area (Å²) in [6.45, 7) is 3.55. The fraction of sp³-hybridized carbons (Fsp3) is 0.125. The van der Waals surface area contributed by atoms with Crippen molar-refractivity contribution in [2.75, 3.05) is 12.4 Å². The van der Waals surface area contributed by atoms with E-state index >= 15 is 0 Å². The summed E-state index contributed by atoms with van der Waals surface area (Å²) in [5.41, 5.74) is 0.862. The molecule has 0 aliphatic rings. The van der Waals surface area contributed by atoms with Crippen LogP contribution in [0.2, 0.25) is 0 Å². The summed E-state index contributed by atoms with van der Waals surface area (Å²) in [6, 6.07) is 6.74. The van der Waals surface area contributed by atoms with Crippen LogP contribution in [-0.2, 0) is 10.1 Å². The number of ether oxygens (including phenoxy) is 1. The molecule has 0 heterocycles. The van der Waals surface area contributed by atoms with Crippen molar-refractivity contribution < 1.29 is 35.3 Å². The summed E-state index contributed by atoms with van der Waals surface area (Å²) < 4.78 is 90.8. The van der Waals surface area contributed by atoms with Crippen molar-refractivity contribution in [2.24, 2.45) is 0 Å². The van der Waals surface area contributed by atoms with Gasteiger partial charge in [0.15, 0.2) is 28.2 Å². The Kier molecular flexibility index (Phi) is 6.32. The van der Waals surface area contributed by atoms with E-state index in [2.05, 4.69) is 6.58 Å². The second-order valence-corrected chi connectivity index (χ2v) is 7.32. The fourth-order valence-corrected chi connectivity index (χ4v) is 3.38. The lowest BCUT2D eigenvalue weighted by atomic mass is 10.2. The summed E-state index contributed by atoms with van der Waals surface area (Å²) in [7, 11) is -5.46. The van der Waals surface area contributed by atoms with E-state index in [9.17, 15) is 26.0 Å². The Bertz CT molecular complexity index is 899. The molecule has 0 saturated heterocycles. The van der Waals surface area contributed by atoms with Crippen LogP contribution in [0.5, 0.6) is 5.75 Å². The van der Waals surface area contributed by atoms with Gasteiger partial charge in [-0.15, -0.1) is 11.8 Å². The van der Waals surface area contributed by atoms with Gasteiger partial charge >= 0.3 is 10.1 Å². The largest absolute Gasteiger partial charge is 0.493 e. The molecular formula is C16H12F4O4S2. The normalized spacial score (nSPS) is 11.4. The molecule has 0 aromatic heterocycles.